The Hall–Kier alpha value is -2.18. The Morgan fingerprint density at radius 3 is 2.37 bits per heavy atom. The fourth-order valence-electron chi connectivity index (χ4n) is 1.35. The highest BCUT2D eigenvalue weighted by Gasteiger charge is 2.31. The summed E-state index contributed by atoms with van der Waals surface area (Å²) in [7, 11) is 0. The van der Waals surface area contributed by atoms with Crippen molar-refractivity contribution in [1.82, 2.24) is 9.97 Å². The van der Waals surface area contributed by atoms with Crippen LogP contribution in [0.3, 0.4) is 0 Å². The fraction of sp³-hybridized carbons (Fsp3) is 0.167. The molecular formula is C12H8F4N2O. The predicted octanol–water partition coefficient (Wildman–Crippen LogP) is 3.66. The third kappa shape index (κ3) is 2.98. The Morgan fingerprint density at radius 1 is 1.05 bits per heavy atom. The first kappa shape index (κ1) is 13.3. The molecule has 0 aliphatic heterocycles. The molecular weight excluding hydrogens is 264 g/mol. The van der Waals surface area contributed by atoms with Crippen molar-refractivity contribution in [2.75, 3.05) is 0 Å². The second kappa shape index (κ2) is 4.83. The molecule has 1 aromatic carbocycles. The summed E-state index contributed by atoms with van der Waals surface area (Å²) in [5, 5.41) is 0. The molecule has 19 heavy (non-hydrogen) atoms. The SMILES string of the molecule is CC(F)(F)c1nccnc1Oc1ccc(F)c(F)c1. The molecule has 1 aromatic heterocycles. The molecule has 100 valence electrons. The maximum absolute atomic E-state index is 13.2. The van der Waals surface area contributed by atoms with Gasteiger partial charge < -0.3 is 4.74 Å². The fourth-order valence-corrected chi connectivity index (χ4v) is 1.35. The molecule has 0 unspecified atom stereocenters. The molecule has 0 atom stereocenters. The highest BCUT2D eigenvalue weighted by Crippen LogP contribution is 2.33. The molecule has 0 fully saturated rings. The van der Waals surface area contributed by atoms with E-state index in [1.807, 2.05) is 0 Å². The quantitative estimate of drug-likeness (QED) is 0.800. The van der Waals surface area contributed by atoms with Crippen molar-refractivity contribution in [3.8, 4) is 11.6 Å². The van der Waals surface area contributed by atoms with Crippen molar-refractivity contribution in [1.29, 1.82) is 0 Å². The molecule has 0 saturated heterocycles. The number of alkyl halides is 2. The van der Waals surface area contributed by atoms with Crippen LogP contribution in [0.1, 0.15) is 12.6 Å². The molecule has 0 amide bonds. The minimum atomic E-state index is -3.26. The summed E-state index contributed by atoms with van der Waals surface area (Å²) < 4.78 is 57.2. The van der Waals surface area contributed by atoms with Gasteiger partial charge in [-0.05, 0) is 12.1 Å². The third-order valence-corrected chi connectivity index (χ3v) is 2.19. The van der Waals surface area contributed by atoms with Gasteiger partial charge in [0, 0.05) is 25.4 Å². The summed E-state index contributed by atoms with van der Waals surface area (Å²) in [6, 6.07) is 2.66. The van der Waals surface area contributed by atoms with Crippen LogP contribution in [0.25, 0.3) is 0 Å². The van der Waals surface area contributed by atoms with Crippen LogP contribution in [0, 0.1) is 11.6 Å². The first-order valence-corrected chi connectivity index (χ1v) is 5.20. The van der Waals surface area contributed by atoms with E-state index in [9.17, 15) is 17.6 Å². The van der Waals surface area contributed by atoms with Gasteiger partial charge >= 0.3 is 0 Å². The minimum Gasteiger partial charge on any atom is -0.437 e. The number of hydrogen-bond donors (Lipinski definition) is 0. The predicted molar refractivity (Wildman–Crippen MR) is 58.0 cm³/mol. The van der Waals surface area contributed by atoms with E-state index in [4.69, 9.17) is 4.74 Å². The largest absolute Gasteiger partial charge is 0.437 e. The van der Waals surface area contributed by atoms with Crippen LogP contribution >= 0.6 is 0 Å². The van der Waals surface area contributed by atoms with E-state index in [0.29, 0.717) is 6.92 Å². The van der Waals surface area contributed by atoms with Crippen molar-refractivity contribution in [3.05, 3.63) is 47.9 Å². The number of ether oxygens (including phenoxy) is 1. The van der Waals surface area contributed by atoms with Gasteiger partial charge in [0.1, 0.15) is 5.75 Å². The van der Waals surface area contributed by atoms with E-state index in [1.165, 1.54) is 0 Å². The molecule has 7 heteroatoms. The van der Waals surface area contributed by atoms with Gasteiger partial charge in [-0.3, -0.25) is 0 Å². The van der Waals surface area contributed by atoms with Crippen molar-refractivity contribution in [3.63, 3.8) is 0 Å². The molecule has 0 radical (unpaired) electrons. The first-order chi connectivity index (χ1) is 8.88. The molecule has 1 heterocycles. The monoisotopic (exact) mass is 272 g/mol. The molecule has 0 spiro atoms. The summed E-state index contributed by atoms with van der Waals surface area (Å²) in [5.74, 6) is -6.08. The summed E-state index contributed by atoms with van der Waals surface area (Å²) >= 11 is 0. The second-order valence-corrected chi connectivity index (χ2v) is 3.78. The number of aromatic nitrogens is 2. The molecule has 0 aliphatic rings. The normalized spacial score (nSPS) is 11.4. The van der Waals surface area contributed by atoms with Gasteiger partial charge in [0.2, 0.25) is 5.88 Å². The summed E-state index contributed by atoms with van der Waals surface area (Å²) in [5.41, 5.74) is -0.681. The Labute approximate surface area is 105 Å². The maximum atomic E-state index is 13.2. The van der Waals surface area contributed by atoms with Crippen LogP contribution in [-0.4, -0.2) is 9.97 Å². The van der Waals surface area contributed by atoms with Crippen LogP contribution in [0.5, 0.6) is 11.6 Å². The number of halogens is 4. The lowest BCUT2D eigenvalue weighted by molar-refractivity contribution is 0.0100. The van der Waals surface area contributed by atoms with Crippen molar-refractivity contribution >= 4 is 0 Å². The van der Waals surface area contributed by atoms with Crippen LogP contribution in [0.4, 0.5) is 17.6 Å². The Morgan fingerprint density at radius 2 is 1.74 bits per heavy atom. The molecule has 2 rings (SSSR count). The standard InChI is InChI=1S/C12H8F4N2O/c1-12(15,16)10-11(18-5-4-17-10)19-7-2-3-8(13)9(14)6-7/h2-6H,1H3. The van der Waals surface area contributed by atoms with Crippen LogP contribution in [0.2, 0.25) is 0 Å². The van der Waals surface area contributed by atoms with Gasteiger partial charge in [-0.25, -0.2) is 18.7 Å². The van der Waals surface area contributed by atoms with E-state index < -0.39 is 29.1 Å². The first-order valence-electron chi connectivity index (χ1n) is 5.20. The van der Waals surface area contributed by atoms with Crippen molar-refractivity contribution in [2.45, 2.75) is 12.8 Å². The molecule has 0 bridgehead atoms. The zero-order chi connectivity index (χ0) is 14.0. The van der Waals surface area contributed by atoms with Crippen molar-refractivity contribution < 1.29 is 22.3 Å². The van der Waals surface area contributed by atoms with E-state index >= 15 is 0 Å². The van der Waals surface area contributed by atoms with E-state index in [-0.39, 0.29) is 5.75 Å². The lowest BCUT2D eigenvalue weighted by Gasteiger charge is -2.13. The number of rotatable bonds is 3. The van der Waals surface area contributed by atoms with Gasteiger partial charge in [-0.1, -0.05) is 0 Å². The maximum Gasteiger partial charge on any atom is 0.292 e. The van der Waals surface area contributed by atoms with Crippen LogP contribution < -0.4 is 4.74 Å². The summed E-state index contributed by atoms with van der Waals surface area (Å²) in [6.07, 6.45) is 2.25. The molecule has 0 saturated carbocycles. The summed E-state index contributed by atoms with van der Waals surface area (Å²) in [6.45, 7) is 0.634. The average Bonchev–Trinajstić information content (AvgIpc) is 2.33. The third-order valence-electron chi connectivity index (χ3n) is 2.19. The topological polar surface area (TPSA) is 35.0 Å². The molecule has 2 aromatic rings. The van der Waals surface area contributed by atoms with Gasteiger partial charge in [0.05, 0.1) is 0 Å². The Bertz CT molecular complexity index is 599. The molecule has 0 aliphatic carbocycles. The van der Waals surface area contributed by atoms with Crippen molar-refractivity contribution in [2.24, 2.45) is 0 Å². The van der Waals surface area contributed by atoms with Gasteiger partial charge in [-0.2, -0.15) is 8.78 Å². The number of benzene rings is 1. The van der Waals surface area contributed by atoms with E-state index in [0.717, 1.165) is 30.6 Å². The minimum absolute atomic E-state index is 0.148. The molecule has 0 N–H and O–H groups in total. The lowest BCUT2D eigenvalue weighted by Crippen LogP contribution is -2.12. The second-order valence-electron chi connectivity index (χ2n) is 3.78. The van der Waals surface area contributed by atoms with Gasteiger partial charge in [0.25, 0.3) is 5.92 Å². The lowest BCUT2D eigenvalue weighted by atomic mass is 10.2. The van der Waals surface area contributed by atoms with E-state index in [1.54, 1.807) is 0 Å². The highest BCUT2D eigenvalue weighted by molar-refractivity contribution is 5.31. The number of hydrogen-bond acceptors (Lipinski definition) is 3. The zero-order valence-corrected chi connectivity index (χ0v) is 9.70. The summed E-state index contributed by atoms with van der Waals surface area (Å²) in [4.78, 5) is 7.09. The highest BCUT2D eigenvalue weighted by atomic mass is 19.3. The average molecular weight is 272 g/mol. The van der Waals surface area contributed by atoms with E-state index in [2.05, 4.69) is 9.97 Å². The zero-order valence-electron chi connectivity index (χ0n) is 9.70. The Kier molecular flexibility index (Phi) is 3.37. The van der Waals surface area contributed by atoms with Crippen LogP contribution in [0.15, 0.2) is 30.6 Å². The van der Waals surface area contributed by atoms with Gasteiger partial charge in [0.15, 0.2) is 17.3 Å². The van der Waals surface area contributed by atoms with Gasteiger partial charge in [-0.15, -0.1) is 0 Å². The Balaban J connectivity index is 2.36. The molecule has 3 nitrogen and oxygen atoms in total. The number of nitrogens with zero attached hydrogens (tertiary/aromatic N) is 2. The van der Waals surface area contributed by atoms with Crippen LogP contribution in [-0.2, 0) is 5.92 Å². The smallest absolute Gasteiger partial charge is 0.292 e.